The van der Waals surface area contributed by atoms with Crippen molar-refractivity contribution in [1.82, 2.24) is 70.4 Å². The van der Waals surface area contributed by atoms with Crippen LogP contribution in [0, 0.1) is 92.1 Å². The number of carbonyl (C=O) groups excluding carboxylic acids is 1. The molecular weight excluding hydrogens is 1890 g/mol. The number of morpholine rings is 2. The number of nitrogen functional groups attached to an aromatic ring is 1. The van der Waals surface area contributed by atoms with Gasteiger partial charge in [0.15, 0.2) is 17.5 Å². The van der Waals surface area contributed by atoms with E-state index in [1.807, 2.05) is 95.4 Å². The summed E-state index contributed by atoms with van der Waals surface area (Å²) in [5.41, 5.74) is 30.7. The van der Waals surface area contributed by atoms with Crippen LogP contribution in [-0.2, 0) is 136 Å². The molecule has 2 saturated heterocycles. The van der Waals surface area contributed by atoms with E-state index >= 15 is 0 Å². The van der Waals surface area contributed by atoms with E-state index in [4.69, 9.17) is 25.4 Å². The van der Waals surface area contributed by atoms with Crippen LogP contribution in [0.1, 0.15) is 188 Å². The third-order valence-corrected chi connectivity index (χ3v) is 28.0. The number of aromatic nitrogens is 21. The van der Waals surface area contributed by atoms with Gasteiger partial charge in [0.05, 0.1) is 54.1 Å². The number of hydrogen-bond acceptors (Lipinski definition) is 29. The molecular formula is C100H119IN24O14. The summed E-state index contributed by atoms with van der Waals surface area (Å²) in [6.07, 6.45) is 20.7. The van der Waals surface area contributed by atoms with Gasteiger partial charge in [0.25, 0.3) is 37.4 Å². The van der Waals surface area contributed by atoms with Gasteiger partial charge < -0.3 is 77.1 Å². The SMILES string of the molecule is CC1Cc2cc3c(cc2C1)[n+]([O-])c(CCCN1CCOCC1)n[n+]3[O-].CC1Cc2cc3c(cc2C1)[n+]([O-])c(CCCO)n[n+]3[O-].CC1Cc2cc3nc(CCC=O)n[n+]([O-])c3cc2C1.CC1Cc2cc3nc(CCCN4CCOCC4)n[n+]([O-])c3cc2C1.CC1Cc2cc3nc(CCCO)n[n+]([O-])c3cc2C1.CC1Cc2cc3nc(I)n[n+]([O-])c3cc2C1.CC1Cc2cc3nc(N)n[n+]([O-])c3cc2C1. The number of anilines is 1. The van der Waals surface area contributed by atoms with Crippen molar-refractivity contribution >= 4 is 112 Å². The maximum absolute atomic E-state index is 12.7. The van der Waals surface area contributed by atoms with E-state index in [9.17, 15) is 51.7 Å². The summed E-state index contributed by atoms with van der Waals surface area (Å²) in [5, 5.41) is 153. The Morgan fingerprint density at radius 1 is 0.331 bits per heavy atom. The summed E-state index contributed by atoms with van der Waals surface area (Å²) in [4.78, 5) is 41.4. The minimum Gasteiger partial charge on any atom is -0.710 e. The number of carbonyl (C=O) groups is 1. The predicted octanol–water partition coefficient (Wildman–Crippen LogP) is 6.16. The number of fused-ring (bicyclic) bond motifs is 14. The zero-order valence-corrected chi connectivity index (χ0v) is 81.8. The quantitative estimate of drug-likeness (QED) is 0.0397. The third-order valence-electron chi connectivity index (χ3n) is 27.5. The molecule has 4 N–H and O–H groups in total. The number of aldehydes is 1. The molecule has 0 radical (unpaired) electrons. The Hall–Kier alpha value is -12.4. The average molecular weight is 2010 g/mol. The number of nitrogens with two attached hydrogens (primary N) is 1. The number of benzene rings is 7. The molecule has 9 heterocycles. The number of aryl methyl sites for hydroxylation is 5. The molecule has 0 saturated carbocycles. The molecule has 2 aliphatic heterocycles. The highest BCUT2D eigenvalue weighted by molar-refractivity contribution is 14.1. The molecule has 39 heteroatoms. The Kier molecular flexibility index (Phi) is 30.8. The van der Waals surface area contributed by atoms with E-state index < -0.39 is 0 Å². The topological polar surface area (TPSA) is 506 Å². The van der Waals surface area contributed by atoms with Gasteiger partial charge in [-0.1, -0.05) is 48.5 Å². The van der Waals surface area contributed by atoms with Crippen molar-refractivity contribution in [2.45, 2.75) is 203 Å². The molecule has 0 amide bonds. The molecule has 7 unspecified atom stereocenters. The summed E-state index contributed by atoms with van der Waals surface area (Å²) < 4.78 is 12.8. The molecule has 14 aromatic rings. The van der Waals surface area contributed by atoms with Crippen molar-refractivity contribution in [3.05, 3.63) is 243 Å². The van der Waals surface area contributed by atoms with Crippen molar-refractivity contribution in [3.63, 3.8) is 0 Å². The summed E-state index contributed by atoms with van der Waals surface area (Å²) in [5.74, 6) is 6.39. The molecule has 730 valence electrons. The Balaban J connectivity index is 0.000000113. The van der Waals surface area contributed by atoms with Gasteiger partial charge >= 0.3 is 22.7 Å². The number of hydrogen-bond donors (Lipinski definition) is 3. The fraction of sp³-hybridized carbons (Fsp3) is 0.500. The van der Waals surface area contributed by atoms with Crippen LogP contribution in [0.25, 0.3) is 77.2 Å². The van der Waals surface area contributed by atoms with Gasteiger partial charge in [-0.3, -0.25) is 9.80 Å². The van der Waals surface area contributed by atoms with E-state index in [0.717, 1.165) is 218 Å². The first-order chi connectivity index (χ1) is 67.0. The lowest BCUT2D eigenvalue weighted by atomic mass is 10.1. The van der Waals surface area contributed by atoms with Crippen molar-refractivity contribution < 1.29 is 67.9 Å². The Bertz CT molecular complexity index is 6840. The van der Waals surface area contributed by atoms with Crippen molar-refractivity contribution in [3.8, 4) is 0 Å². The molecule has 139 heavy (non-hydrogen) atoms. The molecule has 7 aromatic carbocycles. The van der Waals surface area contributed by atoms with Crippen LogP contribution in [0.3, 0.4) is 0 Å². The molecule has 2 fully saturated rings. The van der Waals surface area contributed by atoms with Gasteiger partial charge in [-0.15, -0.1) is 0 Å². The Morgan fingerprint density at radius 3 is 0.914 bits per heavy atom. The van der Waals surface area contributed by atoms with Crippen LogP contribution in [0.15, 0.2) is 84.9 Å². The van der Waals surface area contributed by atoms with Gasteiger partial charge in [0, 0.05) is 151 Å². The first-order valence-corrected chi connectivity index (χ1v) is 49.7. The second-order valence-electron chi connectivity index (χ2n) is 39.3. The van der Waals surface area contributed by atoms with Gasteiger partial charge in [-0.2, -0.15) is 0 Å². The summed E-state index contributed by atoms with van der Waals surface area (Å²) in [7, 11) is 0. The number of halogens is 1. The van der Waals surface area contributed by atoms with Gasteiger partial charge in [-0.05, 0) is 315 Å². The molecule has 23 rings (SSSR count). The van der Waals surface area contributed by atoms with E-state index in [2.05, 4.69) is 125 Å². The van der Waals surface area contributed by atoms with E-state index in [1.165, 1.54) is 66.8 Å². The lowest BCUT2D eigenvalue weighted by molar-refractivity contribution is -0.685. The molecule has 38 nitrogen and oxygen atoms in total. The van der Waals surface area contributed by atoms with E-state index in [-0.39, 0.29) is 25.0 Å². The summed E-state index contributed by atoms with van der Waals surface area (Å²) in [6.45, 7) is 24.4. The smallest absolute Gasteiger partial charge is 0.377 e. The standard InChI is InChI=1S/C18H24N4O3.C18H24N4O2.C14H17N3O3.C14H17N3O2.C14H15N3O2.C11H10IN3O.C11H12N4O/c1-13-9-14-11-16-17(12-15(14)10-13)22(24)19-18(21(16)23)3-2-4-20-5-7-25-8-6-20;1-13-9-14-11-16-17(12-15(14)10-13)22(23)20-18(19-16)3-2-4-21-5-7-24-8-6-21;1-9-5-10-7-12-13(8-11(10)6-9)17(20)15-14(16(12)19)3-2-4-18;2*1-9-5-10-7-12-13(8-11(10)6-9)17(19)16-14(15-12)3-2-4-18;2*1-6-2-7-4-9-10(5-8(7)3-6)15(16)14-11(12)13-9/h11-13H,2-10H2,1H3;11-13H,2-10H2,1H3;7-9,18H,2-6H2,1H3;7-9,18H,2-6H2,1H3;4,7-9H,2-3,5-6H2,1H3;4-6H,2-3H2,1H3;4-6H,2-3H2,1H3,(H2,12,13,14). The molecule has 0 spiro atoms. The average Bonchev–Trinajstić information content (AvgIpc) is 1.75. The van der Waals surface area contributed by atoms with Crippen LogP contribution in [-0.4, -0.2) is 166 Å². The first kappa shape index (κ1) is 98.2. The normalized spacial score (nSPS) is 19.2. The highest BCUT2D eigenvalue weighted by atomic mass is 127. The number of aliphatic hydroxyl groups is 2. The number of aliphatic hydroxyl groups excluding tert-OH is 2. The van der Waals surface area contributed by atoms with Crippen molar-refractivity contribution in [2.75, 3.05) is 84.6 Å². The van der Waals surface area contributed by atoms with E-state index in [0.29, 0.717) is 209 Å². The van der Waals surface area contributed by atoms with Crippen LogP contribution in [0.4, 0.5) is 5.95 Å². The summed E-state index contributed by atoms with van der Waals surface area (Å²) >= 11 is 1.96. The lowest BCUT2D eigenvalue weighted by Gasteiger charge is -2.26. The second-order valence-corrected chi connectivity index (χ2v) is 40.3. The Morgan fingerprint density at radius 2 is 0.583 bits per heavy atom. The maximum atomic E-state index is 12.7. The minimum absolute atomic E-state index is 0.0218. The second kappa shape index (κ2) is 43.5. The third kappa shape index (κ3) is 23.2. The summed E-state index contributed by atoms with van der Waals surface area (Å²) in [6, 6.07) is 27.1. The van der Waals surface area contributed by atoms with Crippen LogP contribution in [0.2, 0.25) is 0 Å². The van der Waals surface area contributed by atoms with Gasteiger partial charge in [0.1, 0.15) is 33.9 Å². The number of rotatable bonds is 17. The van der Waals surface area contributed by atoms with Gasteiger partial charge in [0.2, 0.25) is 21.2 Å². The van der Waals surface area contributed by atoms with Crippen LogP contribution >= 0.6 is 22.6 Å². The van der Waals surface area contributed by atoms with Crippen LogP contribution in [0.5, 0.6) is 0 Å². The molecule has 7 aliphatic carbocycles. The predicted molar refractivity (Wildman–Crippen MR) is 521 cm³/mol. The van der Waals surface area contributed by atoms with Crippen molar-refractivity contribution in [1.29, 1.82) is 0 Å². The number of ether oxygens (including phenoxy) is 2. The number of nitrogens with zero attached hydrogens (tertiary/aromatic N) is 23. The zero-order chi connectivity index (χ0) is 97.6. The highest BCUT2D eigenvalue weighted by Crippen LogP contribution is 2.36. The van der Waals surface area contributed by atoms with E-state index in [1.54, 1.807) is 6.07 Å². The minimum atomic E-state index is -0.0275. The van der Waals surface area contributed by atoms with Gasteiger partial charge in [-0.25, -0.2) is 34.4 Å². The molecule has 7 aromatic heterocycles. The van der Waals surface area contributed by atoms with Crippen LogP contribution < -0.4 is 49.1 Å². The molecule has 9 aliphatic rings. The molecule has 7 atom stereocenters. The largest absolute Gasteiger partial charge is 0.710 e. The first-order valence-electron chi connectivity index (χ1n) is 48.7. The molecule has 0 bridgehead atoms. The Labute approximate surface area is 816 Å². The lowest BCUT2D eigenvalue weighted by Crippen LogP contribution is -2.46. The fourth-order valence-corrected chi connectivity index (χ4v) is 21.4. The highest BCUT2D eigenvalue weighted by Gasteiger charge is 2.33. The van der Waals surface area contributed by atoms with Crippen molar-refractivity contribution in [2.24, 2.45) is 41.4 Å². The zero-order valence-electron chi connectivity index (χ0n) is 79.7. The maximum Gasteiger partial charge on any atom is 0.377 e. The monoisotopic (exact) mass is 2010 g/mol. The fourth-order valence-electron chi connectivity index (χ4n) is 20.9.